The Morgan fingerprint density at radius 3 is 2.55 bits per heavy atom. The van der Waals surface area contributed by atoms with Gasteiger partial charge in [-0.15, -0.1) is 0 Å². The lowest BCUT2D eigenvalue weighted by atomic mass is 9.90. The molecular formula is C16H23BrN2O3. The number of piperidine rings is 1. The van der Waals surface area contributed by atoms with Gasteiger partial charge in [-0.1, -0.05) is 15.9 Å². The Morgan fingerprint density at radius 2 is 1.95 bits per heavy atom. The molecule has 1 aliphatic rings. The normalized spacial score (nSPS) is 17.0. The van der Waals surface area contributed by atoms with E-state index in [9.17, 15) is 4.79 Å². The van der Waals surface area contributed by atoms with Crippen molar-refractivity contribution in [2.24, 2.45) is 0 Å². The molecule has 1 aliphatic heterocycles. The molecule has 1 aromatic rings. The molecule has 0 radical (unpaired) electrons. The molecule has 122 valence electrons. The summed E-state index contributed by atoms with van der Waals surface area (Å²) in [5.41, 5.74) is -0.683. The summed E-state index contributed by atoms with van der Waals surface area (Å²) in [7, 11) is 3.42. The molecule has 1 fully saturated rings. The Morgan fingerprint density at radius 1 is 1.32 bits per heavy atom. The van der Waals surface area contributed by atoms with Crippen LogP contribution in [0.4, 0.5) is 0 Å². The number of rotatable bonds is 6. The van der Waals surface area contributed by atoms with Gasteiger partial charge >= 0.3 is 0 Å². The number of hydrogen-bond donors (Lipinski definition) is 1. The topological polar surface area (TPSA) is 50.8 Å². The van der Waals surface area contributed by atoms with Gasteiger partial charge in [0.2, 0.25) is 0 Å². The molecule has 0 bridgehead atoms. The van der Waals surface area contributed by atoms with Gasteiger partial charge in [-0.05, 0) is 50.2 Å². The Labute approximate surface area is 140 Å². The zero-order chi connectivity index (χ0) is 16.0. The van der Waals surface area contributed by atoms with E-state index in [1.807, 2.05) is 24.3 Å². The van der Waals surface area contributed by atoms with Gasteiger partial charge in [-0.2, -0.15) is 0 Å². The molecule has 1 saturated heterocycles. The maximum absolute atomic E-state index is 12.6. The van der Waals surface area contributed by atoms with Crippen molar-refractivity contribution < 1.29 is 14.3 Å². The van der Waals surface area contributed by atoms with E-state index in [4.69, 9.17) is 9.47 Å². The van der Waals surface area contributed by atoms with Gasteiger partial charge in [0.25, 0.3) is 5.91 Å². The lowest BCUT2D eigenvalue weighted by Gasteiger charge is -2.37. The maximum atomic E-state index is 12.6. The molecule has 1 heterocycles. The van der Waals surface area contributed by atoms with Crippen LogP contribution in [0.1, 0.15) is 12.8 Å². The smallest absolute Gasteiger partial charge is 0.254 e. The number of hydrogen-bond acceptors (Lipinski definition) is 4. The molecule has 1 N–H and O–H groups in total. The predicted octanol–water partition coefficient (Wildman–Crippen LogP) is 2.05. The first-order valence-electron chi connectivity index (χ1n) is 7.47. The first-order valence-corrected chi connectivity index (χ1v) is 8.26. The van der Waals surface area contributed by atoms with E-state index in [1.54, 1.807) is 19.1 Å². The van der Waals surface area contributed by atoms with Crippen LogP contribution in [0.5, 0.6) is 5.75 Å². The highest BCUT2D eigenvalue weighted by molar-refractivity contribution is 9.10. The number of carbonyl (C=O) groups is 1. The first kappa shape index (κ1) is 17.2. The van der Waals surface area contributed by atoms with Gasteiger partial charge < -0.3 is 19.7 Å². The molecule has 5 nitrogen and oxygen atoms in total. The van der Waals surface area contributed by atoms with Crippen LogP contribution in [0.25, 0.3) is 0 Å². The standard InChI is InChI=1S/C16H23BrN2O3/c1-19(11-12-22-14-5-3-13(17)4-6-14)15(20)16(21-2)7-9-18-10-8-16/h3-6,18H,7-12H2,1-2H3. The highest BCUT2D eigenvalue weighted by Gasteiger charge is 2.41. The predicted molar refractivity (Wildman–Crippen MR) is 89.1 cm³/mol. The zero-order valence-corrected chi connectivity index (χ0v) is 14.7. The summed E-state index contributed by atoms with van der Waals surface area (Å²) in [6.45, 7) is 2.61. The van der Waals surface area contributed by atoms with Crippen molar-refractivity contribution in [3.63, 3.8) is 0 Å². The van der Waals surface area contributed by atoms with Crippen LogP contribution >= 0.6 is 15.9 Å². The largest absolute Gasteiger partial charge is 0.492 e. The summed E-state index contributed by atoms with van der Waals surface area (Å²) >= 11 is 3.39. The van der Waals surface area contributed by atoms with Crippen LogP contribution < -0.4 is 10.1 Å². The molecule has 0 unspecified atom stereocenters. The molecule has 6 heteroatoms. The van der Waals surface area contributed by atoms with Crippen LogP contribution in [-0.4, -0.2) is 56.8 Å². The minimum atomic E-state index is -0.683. The quantitative estimate of drug-likeness (QED) is 0.832. The van der Waals surface area contributed by atoms with Gasteiger partial charge in [0, 0.05) is 18.6 Å². The van der Waals surface area contributed by atoms with Crippen molar-refractivity contribution in [1.82, 2.24) is 10.2 Å². The summed E-state index contributed by atoms with van der Waals surface area (Å²) < 4.78 is 12.2. The lowest BCUT2D eigenvalue weighted by molar-refractivity contribution is -0.157. The second-order valence-corrected chi connectivity index (χ2v) is 6.39. The van der Waals surface area contributed by atoms with Crippen LogP contribution in [-0.2, 0) is 9.53 Å². The van der Waals surface area contributed by atoms with Crippen molar-refractivity contribution in [2.45, 2.75) is 18.4 Å². The number of amides is 1. The fraction of sp³-hybridized carbons (Fsp3) is 0.562. The van der Waals surface area contributed by atoms with Crippen molar-refractivity contribution in [3.05, 3.63) is 28.7 Å². The molecule has 0 atom stereocenters. The minimum Gasteiger partial charge on any atom is -0.492 e. The number of carbonyl (C=O) groups excluding carboxylic acids is 1. The van der Waals surface area contributed by atoms with Gasteiger partial charge in [-0.25, -0.2) is 0 Å². The molecule has 1 amide bonds. The van der Waals surface area contributed by atoms with Gasteiger partial charge in [0.05, 0.1) is 6.54 Å². The van der Waals surface area contributed by atoms with Crippen LogP contribution in [0.2, 0.25) is 0 Å². The second-order valence-electron chi connectivity index (χ2n) is 5.48. The highest BCUT2D eigenvalue weighted by Crippen LogP contribution is 2.24. The molecule has 0 aliphatic carbocycles. The zero-order valence-electron chi connectivity index (χ0n) is 13.1. The van der Waals surface area contributed by atoms with Gasteiger partial charge in [0.15, 0.2) is 0 Å². The molecule has 0 spiro atoms. The van der Waals surface area contributed by atoms with E-state index in [2.05, 4.69) is 21.2 Å². The highest BCUT2D eigenvalue weighted by atomic mass is 79.9. The summed E-state index contributed by atoms with van der Waals surface area (Å²) in [6.07, 6.45) is 1.42. The van der Waals surface area contributed by atoms with E-state index in [0.29, 0.717) is 26.0 Å². The summed E-state index contributed by atoms with van der Waals surface area (Å²) in [5, 5.41) is 3.26. The SMILES string of the molecule is COC1(C(=O)N(C)CCOc2ccc(Br)cc2)CCNCC1. The maximum Gasteiger partial charge on any atom is 0.254 e. The van der Waals surface area contributed by atoms with Crippen molar-refractivity contribution in [1.29, 1.82) is 0 Å². The Balaban J connectivity index is 1.84. The van der Waals surface area contributed by atoms with E-state index in [-0.39, 0.29) is 5.91 Å². The lowest BCUT2D eigenvalue weighted by Crippen LogP contribution is -2.55. The van der Waals surface area contributed by atoms with Crippen LogP contribution in [0, 0.1) is 0 Å². The number of halogens is 1. The van der Waals surface area contributed by atoms with Gasteiger partial charge in [0.1, 0.15) is 18.0 Å². The third-order valence-corrected chi connectivity index (χ3v) is 4.58. The minimum absolute atomic E-state index is 0.0379. The first-order chi connectivity index (χ1) is 10.6. The summed E-state index contributed by atoms with van der Waals surface area (Å²) in [4.78, 5) is 14.4. The monoisotopic (exact) mass is 370 g/mol. The fourth-order valence-corrected chi connectivity index (χ4v) is 2.88. The van der Waals surface area contributed by atoms with E-state index in [1.165, 1.54) is 0 Å². The van der Waals surface area contributed by atoms with E-state index < -0.39 is 5.60 Å². The molecule has 1 aromatic carbocycles. The average Bonchev–Trinajstić information content (AvgIpc) is 2.56. The van der Waals surface area contributed by atoms with Gasteiger partial charge in [-0.3, -0.25) is 4.79 Å². The molecule has 22 heavy (non-hydrogen) atoms. The third kappa shape index (κ3) is 4.21. The van der Waals surface area contributed by atoms with Crippen molar-refractivity contribution >= 4 is 21.8 Å². The molecular weight excluding hydrogens is 348 g/mol. The van der Waals surface area contributed by atoms with Crippen molar-refractivity contribution in [3.8, 4) is 5.75 Å². The molecule has 0 aromatic heterocycles. The number of nitrogens with zero attached hydrogens (tertiary/aromatic N) is 1. The average molecular weight is 371 g/mol. The van der Waals surface area contributed by atoms with Crippen molar-refractivity contribution in [2.75, 3.05) is 40.4 Å². The Hall–Kier alpha value is -1.11. The third-order valence-electron chi connectivity index (χ3n) is 4.05. The second kappa shape index (κ2) is 7.94. The Bertz CT molecular complexity index is 487. The van der Waals surface area contributed by atoms with Crippen LogP contribution in [0.3, 0.4) is 0 Å². The van der Waals surface area contributed by atoms with E-state index >= 15 is 0 Å². The number of methoxy groups -OCH3 is 1. The van der Waals surface area contributed by atoms with E-state index in [0.717, 1.165) is 23.3 Å². The molecule has 2 rings (SSSR count). The van der Waals surface area contributed by atoms with Crippen LogP contribution in [0.15, 0.2) is 28.7 Å². The molecule has 0 saturated carbocycles. The summed E-state index contributed by atoms with van der Waals surface area (Å²) in [5.74, 6) is 0.836. The Kier molecular flexibility index (Phi) is 6.23. The number of benzene rings is 1. The number of nitrogens with one attached hydrogen (secondary N) is 1. The summed E-state index contributed by atoms with van der Waals surface area (Å²) in [6, 6.07) is 7.66. The number of ether oxygens (including phenoxy) is 2. The number of likely N-dealkylation sites (N-methyl/N-ethyl adjacent to an activating group) is 1. The fourth-order valence-electron chi connectivity index (χ4n) is 2.62.